The van der Waals surface area contributed by atoms with Gasteiger partial charge in [0.05, 0.1) is 25.5 Å². The van der Waals surface area contributed by atoms with Gasteiger partial charge in [-0.05, 0) is 48.9 Å². The van der Waals surface area contributed by atoms with E-state index >= 15 is 0 Å². The fourth-order valence-corrected chi connectivity index (χ4v) is 2.35. The molecule has 1 aliphatic heterocycles. The number of methoxy groups -OCH3 is 1. The molecule has 0 atom stereocenters. The Labute approximate surface area is 160 Å². The van der Waals surface area contributed by atoms with Gasteiger partial charge in [-0.1, -0.05) is 0 Å². The Morgan fingerprint density at radius 2 is 1.96 bits per heavy atom. The zero-order chi connectivity index (χ0) is 19.9. The van der Waals surface area contributed by atoms with E-state index in [2.05, 4.69) is 10.5 Å². The second-order valence-corrected chi connectivity index (χ2v) is 5.46. The lowest BCUT2D eigenvalue weighted by Gasteiger charge is -2.10. The molecule has 0 aromatic heterocycles. The lowest BCUT2D eigenvalue weighted by molar-refractivity contribution is 0.0729. The van der Waals surface area contributed by atoms with E-state index in [0.717, 1.165) is 0 Å². The first-order valence-corrected chi connectivity index (χ1v) is 8.36. The first-order valence-electron chi connectivity index (χ1n) is 8.36. The molecule has 0 bridgehead atoms. The normalized spacial score (nSPS) is 11.9. The van der Waals surface area contributed by atoms with Gasteiger partial charge in [0, 0.05) is 0 Å². The molecule has 1 heterocycles. The molecular formula is C19H18N2O7. The van der Waals surface area contributed by atoms with Crippen LogP contribution in [0.3, 0.4) is 0 Å². The van der Waals surface area contributed by atoms with Crippen molar-refractivity contribution in [2.24, 2.45) is 5.10 Å². The quantitative estimate of drug-likeness (QED) is 0.352. The third kappa shape index (κ3) is 4.50. The van der Waals surface area contributed by atoms with Crippen LogP contribution < -0.4 is 24.4 Å². The minimum absolute atomic E-state index is 0.121. The standard InChI is InChI=1S/C19H18N2O7/c1-3-25-19(23)21-20-10-12-4-6-15(16(8-12)24-2)28-18(22)13-5-7-14-17(9-13)27-11-26-14/h4-10H,3,11H2,1-2H3,(H,21,23)/b20-10-. The van der Waals surface area contributed by atoms with Gasteiger partial charge >= 0.3 is 12.1 Å². The van der Waals surface area contributed by atoms with Crippen molar-refractivity contribution in [1.82, 2.24) is 5.43 Å². The summed E-state index contributed by atoms with van der Waals surface area (Å²) >= 11 is 0. The maximum Gasteiger partial charge on any atom is 0.427 e. The number of fused-ring (bicyclic) bond motifs is 1. The number of ether oxygens (including phenoxy) is 5. The average Bonchev–Trinajstić information content (AvgIpc) is 3.17. The van der Waals surface area contributed by atoms with Crippen molar-refractivity contribution >= 4 is 18.3 Å². The number of rotatable bonds is 6. The third-order valence-corrected chi connectivity index (χ3v) is 3.64. The first-order chi connectivity index (χ1) is 13.6. The van der Waals surface area contributed by atoms with E-state index in [0.29, 0.717) is 28.4 Å². The lowest BCUT2D eigenvalue weighted by atomic mass is 10.2. The Balaban J connectivity index is 1.69. The number of amides is 1. The Morgan fingerprint density at radius 1 is 1.14 bits per heavy atom. The van der Waals surface area contributed by atoms with Crippen molar-refractivity contribution in [1.29, 1.82) is 0 Å². The van der Waals surface area contributed by atoms with Gasteiger partial charge in [-0.2, -0.15) is 5.10 Å². The van der Waals surface area contributed by atoms with Gasteiger partial charge in [-0.25, -0.2) is 15.0 Å². The first kappa shape index (κ1) is 19.0. The van der Waals surface area contributed by atoms with E-state index < -0.39 is 12.1 Å². The van der Waals surface area contributed by atoms with Crippen LogP contribution in [0.2, 0.25) is 0 Å². The molecule has 0 aliphatic carbocycles. The van der Waals surface area contributed by atoms with Crippen LogP contribution >= 0.6 is 0 Å². The van der Waals surface area contributed by atoms with Crippen LogP contribution in [-0.4, -0.2) is 38.8 Å². The highest BCUT2D eigenvalue weighted by Crippen LogP contribution is 2.33. The summed E-state index contributed by atoms with van der Waals surface area (Å²) in [7, 11) is 1.45. The summed E-state index contributed by atoms with van der Waals surface area (Å²) in [5, 5.41) is 3.77. The molecule has 146 valence electrons. The summed E-state index contributed by atoms with van der Waals surface area (Å²) in [6.07, 6.45) is 0.753. The molecule has 0 unspecified atom stereocenters. The highest BCUT2D eigenvalue weighted by atomic mass is 16.7. The molecule has 1 aliphatic rings. The van der Waals surface area contributed by atoms with Crippen LogP contribution in [-0.2, 0) is 4.74 Å². The van der Waals surface area contributed by atoms with Gasteiger partial charge in [-0.3, -0.25) is 0 Å². The van der Waals surface area contributed by atoms with Crippen LogP contribution in [0.25, 0.3) is 0 Å². The highest BCUT2D eigenvalue weighted by molar-refractivity contribution is 5.92. The topological polar surface area (TPSA) is 105 Å². The van der Waals surface area contributed by atoms with E-state index in [9.17, 15) is 9.59 Å². The van der Waals surface area contributed by atoms with Crippen LogP contribution in [0.5, 0.6) is 23.0 Å². The number of hydrazone groups is 1. The Hall–Kier alpha value is -3.75. The second kappa shape index (κ2) is 8.76. The van der Waals surface area contributed by atoms with Gasteiger partial charge in [0.25, 0.3) is 0 Å². The second-order valence-electron chi connectivity index (χ2n) is 5.46. The summed E-state index contributed by atoms with van der Waals surface area (Å²) in [6, 6.07) is 9.62. The summed E-state index contributed by atoms with van der Waals surface area (Å²) in [6.45, 7) is 2.06. The minimum atomic E-state index is -0.653. The predicted molar refractivity (Wildman–Crippen MR) is 98.3 cm³/mol. The van der Waals surface area contributed by atoms with Gasteiger partial charge in [0.2, 0.25) is 6.79 Å². The molecule has 2 aromatic carbocycles. The average molecular weight is 386 g/mol. The van der Waals surface area contributed by atoms with Crippen molar-refractivity contribution in [2.75, 3.05) is 20.5 Å². The molecule has 9 heteroatoms. The molecule has 0 spiro atoms. The van der Waals surface area contributed by atoms with Gasteiger partial charge in [0.15, 0.2) is 23.0 Å². The van der Waals surface area contributed by atoms with Crippen molar-refractivity contribution < 1.29 is 33.3 Å². The fourth-order valence-electron chi connectivity index (χ4n) is 2.35. The zero-order valence-electron chi connectivity index (χ0n) is 15.3. The molecule has 1 amide bonds. The molecule has 0 fully saturated rings. The van der Waals surface area contributed by atoms with E-state index in [1.807, 2.05) is 0 Å². The number of esters is 1. The van der Waals surface area contributed by atoms with Gasteiger partial charge in [-0.15, -0.1) is 0 Å². The van der Waals surface area contributed by atoms with E-state index in [4.69, 9.17) is 23.7 Å². The molecule has 2 aromatic rings. The van der Waals surface area contributed by atoms with Crippen molar-refractivity contribution in [2.45, 2.75) is 6.92 Å². The molecular weight excluding hydrogens is 368 g/mol. The van der Waals surface area contributed by atoms with Crippen LogP contribution in [0.15, 0.2) is 41.5 Å². The van der Waals surface area contributed by atoms with Gasteiger partial charge in [0.1, 0.15) is 0 Å². The number of hydrogen-bond donors (Lipinski definition) is 1. The Kier molecular flexibility index (Phi) is 5.95. The molecule has 9 nitrogen and oxygen atoms in total. The smallest absolute Gasteiger partial charge is 0.427 e. The lowest BCUT2D eigenvalue weighted by Crippen LogP contribution is -2.18. The van der Waals surface area contributed by atoms with Crippen LogP contribution in [0.4, 0.5) is 4.79 Å². The van der Waals surface area contributed by atoms with E-state index in [1.54, 1.807) is 43.3 Å². The van der Waals surface area contributed by atoms with E-state index in [-0.39, 0.29) is 19.1 Å². The maximum atomic E-state index is 12.4. The number of carbonyl (C=O) groups is 2. The summed E-state index contributed by atoms with van der Waals surface area (Å²) in [5.74, 6) is 1.06. The number of nitrogens with one attached hydrogen (secondary N) is 1. The summed E-state index contributed by atoms with van der Waals surface area (Å²) in [5.41, 5.74) is 3.16. The van der Waals surface area contributed by atoms with Crippen molar-refractivity contribution in [3.8, 4) is 23.0 Å². The molecule has 3 rings (SSSR count). The number of benzene rings is 2. The Bertz CT molecular complexity index is 911. The van der Waals surface area contributed by atoms with Crippen molar-refractivity contribution in [3.63, 3.8) is 0 Å². The van der Waals surface area contributed by atoms with E-state index in [1.165, 1.54) is 13.3 Å². The minimum Gasteiger partial charge on any atom is -0.493 e. The number of nitrogens with zero attached hydrogens (tertiary/aromatic N) is 1. The highest BCUT2D eigenvalue weighted by Gasteiger charge is 2.18. The SMILES string of the molecule is CCOC(=O)N/N=C\c1ccc(OC(=O)c2ccc3c(c2)OCO3)c(OC)c1. The maximum absolute atomic E-state index is 12.4. The van der Waals surface area contributed by atoms with Crippen molar-refractivity contribution in [3.05, 3.63) is 47.5 Å². The number of hydrogen-bond acceptors (Lipinski definition) is 8. The molecule has 28 heavy (non-hydrogen) atoms. The zero-order valence-corrected chi connectivity index (χ0v) is 15.3. The predicted octanol–water partition coefficient (Wildman–Crippen LogP) is 2.72. The Morgan fingerprint density at radius 3 is 2.75 bits per heavy atom. The molecule has 0 radical (unpaired) electrons. The third-order valence-electron chi connectivity index (χ3n) is 3.64. The summed E-state index contributed by atoms with van der Waals surface area (Å²) in [4.78, 5) is 23.6. The summed E-state index contributed by atoms with van der Waals surface area (Å²) < 4.78 is 25.9. The van der Waals surface area contributed by atoms with Crippen LogP contribution in [0, 0.1) is 0 Å². The molecule has 1 N–H and O–H groups in total. The number of carbonyl (C=O) groups excluding carboxylic acids is 2. The molecule has 0 saturated carbocycles. The van der Waals surface area contributed by atoms with Gasteiger partial charge < -0.3 is 23.7 Å². The monoisotopic (exact) mass is 386 g/mol. The molecule has 0 saturated heterocycles. The fraction of sp³-hybridized carbons (Fsp3) is 0.211. The van der Waals surface area contributed by atoms with Crippen LogP contribution in [0.1, 0.15) is 22.8 Å². The largest absolute Gasteiger partial charge is 0.493 e.